The van der Waals surface area contributed by atoms with E-state index in [-0.39, 0.29) is 0 Å². The minimum absolute atomic E-state index is 0.533. The number of hydrogen-bond donors (Lipinski definition) is 0. The molecular formula is C45H27N3O2. The van der Waals surface area contributed by atoms with E-state index >= 15 is 0 Å². The molecule has 3 aromatic heterocycles. The Labute approximate surface area is 287 Å². The summed E-state index contributed by atoms with van der Waals surface area (Å²) < 4.78 is 13.2. The van der Waals surface area contributed by atoms with Crippen molar-refractivity contribution >= 4 is 43.9 Å². The van der Waals surface area contributed by atoms with E-state index < -0.39 is 0 Å². The zero-order valence-corrected chi connectivity index (χ0v) is 26.7. The van der Waals surface area contributed by atoms with Gasteiger partial charge in [0.05, 0.1) is 5.56 Å². The summed E-state index contributed by atoms with van der Waals surface area (Å²) in [5, 5.41) is 4.05. The summed E-state index contributed by atoms with van der Waals surface area (Å²) in [7, 11) is 0. The number of rotatable bonds is 5. The molecule has 0 amide bonds. The largest absolute Gasteiger partial charge is 0.455 e. The predicted molar refractivity (Wildman–Crippen MR) is 202 cm³/mol. The van der Waals surface area contributed by atoms with Crippen molar-refractivity contribution < 1.29 is 8.83 Å². The maximum absolute atomic E-state index is 6.66. The van der Waals surface area contributed by atoms with Crippen molar-refractivity contribution in [1.29, 1.82) is 0 Å². The van der Waals surface area contributed by atoms with Gasteiger partial charge in [-0.15, -0.1) is 0 Å². The highest BCUT2D eigenvalue weighted by atomic mass is 16.3. The molecule has 0 N–H and O–H groups in total. The Morgan fingerprint density at radius 1 is 0.300 bits per heavy atom. The van der Waals surface area contributed by atoms with Crippen molar-refractivity contribution in [2.45, 2.75) is 0 Å². The van der Waals surface area contributed by atoms with Crippen LogP contribution in [0.5, 0.6) is 0 Å². The van der Waals surface area contributed by atoms with E-state index in [1.165, 1.54) is 0 Å². The summed E-state index contributed by atoms with van der Waals surface area (Å²) in [4.78, 5) is 15.5. The fourth-order valence-electron chi connectivity index (χ4n) is 7.06. The average molecular weight is 642 g/mol. The average Bonchev–Trinajstić information content (AvgIpc) is 3.78. The summed E-state index contributed by atoms with van der Waals surface area (Å²) in [6.45, 7) is 0. The number of furan rings is 2. The molecule has 10 aromatic rings. The molecule has 0 bridgehead atoms. The molecule has 0 saturated heterocycles. The highest BCUT2D eigenvalue weighted by molar-refractivity contribution is 6.17. The summed E-state index contributed by atoms with van der Waals surface area (Å²) in [5.74, 6) is 1.67. The molecule has 0 saturated carbocycles. The Balaban J connectivity index is 1.27. The van der Waals surface area contributed by atoms with Gasteiger partial charge in [0.2, 0.25) is 0 Å². The second kappa shape index (κ2) is 11.4. The van der Waals surface area contributed by atoms with E-state index in [0.717, 1.165) is 82.8 Å². The van der Waals surface area contributed by atoms with Gasteiger partial charge in [-0.3, -0.25) is 0 Å². The fraction of sp³-hybridized carbons (Fsp3) is 0. The monoisotopic (exact) mass is 641 g/mol. The van der Waals surface area contributed by atoms with Gasteiger partial charge in [0.1, 0.15) is 22.3 Å². The molecule has 0 radical (unpaired) electrons. The Hall–Kier alpha value is -6.85. The van der Waals surface area contributed by atoms with Gasteiger partial charge < -0.3 is 8.83 Å². The number of hydrogen-bond acceptors (Lipinski definition) is 5. The first kappa shape index (κ1) is 28.2. The minimum Gasteiger partial charge on any atom is -0.455 e. The van der Waals surface area contributed by atoms with Gasteiger partial charge >= 0.3 is 0 Å². The van der Waals surface area contributed by atoms with Gasteiger partial charge in [0.25, 0.3) is 0 Å². The van der Waals surface area contributed by atoms with E-state index in [4.69, 9.17) is 23.8 Å². The van der Waals surface area contributed by atoms with Gasteiger partial charge in [-0.2, -0.15) is 0 Å². The first-order valence-electron chi connectivity index (χ1n) is 16.6. The summed E-state index contributed by atoms with van der Waals surface area (Å²) >= 11 is 0. The topological polar surface area (TPSA) is 65.0 Å². The Morgan fingerprint density at radius 2 is 0.700 bits per heavy atom. The lowest BCUT2D eigenvalue weighted by Gasteiger charge is -2.12. The highest BCUT2D eigenvalue weighted by Crippen LogP contribution is 2.44. The van der Waals surface area contributed by atoms with Crippen molar-refractivity contribution in [3.05, 3.63) is 164 Å². The first-order chi connectivity index (χ1) is 24.8. The van der Waals surface area contributed by atoms with Gasteiger partial charge in [-0.25, -0.2) is 15.0 Å². The zero-order chi connectivity index (χ0) is 33.0. The molecule has 0 unspecified atom stereocenters. The maximum atomic E-state index is 6.66. The van der Waals surface area contributed by atoms with E-state index in [1.807, 2.05) is 91.0 Å². The standard InChI is InChI=1S/C45H27N3O2/c1-4-14-28(15-5-1)31-24-27-36(42-39(31)33-20-10-12-22-37(33)50-42)45-47-43(30-18-8-3-9-19-30)46-44(48-45)35-26-25-32(29-16-6-2-7-17-29)41-40(35)34-21-11-13-23-38(34)49-41/h1-27H. The van der Waals surface area contributed by atoms with Gasteiger partial charge in [-0.05, 0) is 47.0 Å². The molecule has 0 aliphatic heterocycles. The van der Waals surface area contributed by atoms with Crippen LogP contribution in [0, 0.1) is 0 Å². The van der Waals surface area contributed by atoms with Crippen LogP contribution < -0.4 is 0 Å². The molecule has 0 spiro atoms. The second-order valence-electron chi connectivity index (χ2n) is 12.3. The summed E-state index contributed by atoms with van der Waals surface area (Å²) in [6.07, 6.45) is 0. The summed E-state index contributed by atoms with van der Waals surface area (Å²) in [6, 6.07) is 55.5. The molecule has 0 fully saturated rings. The maximum Gasteiger partial charge on any atom is 0.167 e. The molecule has 0 atom stereocenters. The molecule has 0 aliphatic rings. The van der Waals surface area contributed by atoms with Crippen molar-refractivity contribution in [3.63, 3.8) is 0 Å². The highest BCUT2D eigenvalue weighted by Gasteiger charge is 2.23. The van der Waals surface area contributed by atoms with E-state index in [1.54, 1.807) is 0 Å². The number of aromatic nitrogens is 3. The number of para-hydroxylation sites is 2. The SMILES string of the molecule is c1ccc(-c2nc(-c3ccc(-c4ccccc4)c4c3oc3ccccc34)nc(-c3ccc(-c4ccccc4)c4oc5ccccc5c34)n2)cc1. The predicted octanol–water partition coefficient (Wildman–Crippen LogP) is 12.0. The van der Waals surface area contributed by atoms with E-state index in [9.17, 15) is 0 Å². The lowest BCUT2D eigenvalue weighted by molar-refractivity contribution is 0.669. The van der Waals surface area contributed by atoms with Crippen molar-refractivity contribution in [3.8, 4) is 56.4 Å². The van der Waals surface area contributed by atoms with Gasteiger partial charge in [0, 0.05) is 38.2 Å². The Morgan fingerprint density at radius 3 is 1.32 bits per heavy atom. The van der Waals surface area contributed by atoms with Crippen molar-refractivity contribution in [1.82, 2.24) is 15.0 Å². The van der Waals surface area contributed by atoms with Crippen LogP contribution in [0.1, 0.15) is 0 Å². The molecule has 234 valence electrons. The Bertz CT molecular complexity index is 2860. The van der Waals surface area contributed by atoms with Gasteiger partial charge in [0.15, 0.2) is 17.5 Å². The minimum atomic E-state index is 0.533. The third-order valence-electron chi connectivity index (χ3n) is 9.37. The molecule has 7 aromatic carbocycles. The molecule has 5 nitrogen and oxygen atoms in total. The third kappa shape index (κ3) is 4.52. The van der Waals surface area contributed by atoms with Crippen LogP contribution in [-0.2, 0) is 0 Å². The fourth-order valence-corrected chi connectivity index (χ4v) is 7.06. The van der Waals surface area contributed by atoms with Crippen molar-refractivity contribution in [2.24, 2.45) is 0 Å². The van der Waals surface area contributed by atoms with Crippen LogP contribution in [0.3, 0.4) is 0 Å². The smallest absolute Gasteiger partial charge is 0.167 e. The van der Waals surface area contributed by atoms with E-state index in [2.05, 4.69) is 72.8 Å². The lowest BCUT2D eigenvalue weighted by atomic mass is 9.96. The Kier molecular flexibility index (Phi) is 6.42. The molecular weight excluding hydrogens is 615 g/mol. The molecule has 5 heteroatoms. The molecule has 0 aliphatic carbocycles. The van der Waals surface area contributed by atoms with E-state index in [0.29, 0.717) is 17.5 Å². The van der Waals surface area contributed by atoms with Crippen LogP contribution in [0.15, 0.2) is 173 Å². The third-order valence-corrected chi connectivity index (χ3v) is 9.37. The zero-order valence-electron chi connectivity index (χ0n) is 26.7. The van der Waals surface area contributed by atoms with Crippen LogP contribution in [-0.4, -0.2) is 15.0 Å². The molecule has 10 rings (SSSR count). The number of benzene rings is 7. The van der Waals surface area contributed by atoms with Crippen LogP contribution in [0.2, 0.25) is 0 Å². The second-order valence-corrected chi connectivity index (χ2v) is 12.3. The normalized spacial score (nSPS) is 11.6. The molecule has 3 heterocycles. The summed E-state index contributed by atoms with van der Waals surface area (Å²) in [5.41, 5.74) is 10.0. The number of nitrogens with zero attached hydrogens (tertiary/aromatic N) is 3. The quantitative estimate of drug-likeness (QED) is 0.187. The molecule has 50 heavy (non-hydrogen) atoms. The lowest BCUT2D eigenvalue weighted by Crippen LogP contribution is -2.01. The van der Waals surface area contributed by atoms with Gasteiger partial charge in [-0.1, -0.05) is 133 Å². The van der Waals surface area contributed by atoms with Crippen LogP contribution in [0.25, 0.3) is 100 Å². The van der Waals surface area contributed by atoms with Crippen LogP contribution >= 0.6 is 0 Å². The van der Waals surface area contributed by atoms with Crippen molar-refractivity contribution in [2.75, 3.05) is 0 Å². The first-order valence-corrected chi connectivity index (χ1v) is 16.6. The van der Waals surface area contributed by atoms with Crippen LogP contribution in [0.4, 0.5) is 0 Å². The number of fused-ring (bicyclic) bond motifs is 6.